The number of aryl methyl sites for hydroxylation is 2. The van der Waals surface area contributed by atoms with Crippen molar-refractivity contribution in [2.24, 2.45) is 0 Å². The second-order valence-electron chi connectivity index (χ2n) is 3.04. The van der Waals surface area contributed by atoms with Gasteiger partial charge in [0.15, 0.2) is 0 Å². The van der Waals surface area contributed by atoms with Crippen molar-refractivity contribution in [1.82, 2.24) is 0 Å². The Morgan fingerprint density at radius 1 is 1.00 bits per heavy atom. The zero-order chi connectivity index (χ0) is 7.84. The van der Waals surface area contributed by atoms with Crippen molar-refractivity contribution in [3.8, 4) is 0 Å². The number of benzene rings is 1. The van der Waals surface area contributed by atoms with Gasteiger partial charge in [0, 0.05) is 11.0 Å². The van der Waals surface area contributed by atoms with E-state index in [0.29, 0.717) is 0 Å². The minimum absolute atomic E-state index is 0. The molecule has 0 aliphatic rings. The Labute approximate surface area is 113 Å². The van der Waals surface area contributed by atoms with E-state index in [0.717, 1.165) is 0 Å². The van der Waals surface area contributed by atoms with Crippen molar-refractivity contribution >= 4 is 21.7 Å². The van der Waals surface area contributed by atoms with Crippen molar-refractivity contribution in [3.05, 3.63) is 56.3 Å². The topological polar surface area (TPSA) is 0 Å². The molecule has 0 saturated heterocycles. The van der Waals surface area contributed by atoms with Crippen LogP contribution in [0.2, 0.25) is 0 Å². The molecule has 15 heavy (non-hydrogen) atoms. The molecule has 2 heteroatoms. The standard InChI is InChI=1S/C11H11.2CH3.Si.Ti/c1-8-7-10-5-3-4-6-11(10)9(8)2;;;;/h3-7H,1-2H3;2*1H3;;/q3*-1;;+3. The maximum absolute atomic E-state index is 2.24. The Morgan fingerprint density at radius 3 is 2.07 bits per heavy atom. The van der Waals surface area contributed by atoms with Gasteiger partial charge in [-0.1, -0.05) is 19.9 Å². The Bertz CT molecular complexity index is 390. The summed E-state index contributed by atoms with van der Waals surface area (Å²) in [6.07, 6.45) is 0. The van der Waals surface area contributed by atoms with Crippen LogP contribution in [-0.4, -0.2) is 11.0 Å². The van der Waals surface area contributed by atoms with Crippen molar-refractivity contribution < 1.29 is 21.7 Å². The molecule has 0 heterocycles. The molecule has 0 aliphatic carbocycles. The van der Waals surface area contributed by atoms with Gasteiger partial charge in [-0.05, 0) is 0 Å². The molecule has 2 rings (SSSR count). The predicted molar refractivity (Wildman–Crippen MR) is 67.6 cm³/mol. The second kappa shape index (κ2) is 7.98. The van der Waals surface area contributed by atoms with E-state index in [9.17, 15) is 0 Å². The van der Waals surface area contributed by atoms with Gasteiger partial charge in [0.2, 0.25) is 0 Å². The fraction of sp³-hybridized carbons (Fsp3) is 0.154. The van der Waals surface area contributed by atoms with E-state index in [-0.39, 0.29) is 47.5 Å². The molecule has 0 aromatic heterocycles. The van der Waals surface area contributed by atoms with Gasteiger partial charge < -0.3 is 14.9 Å². The number of rotatable bonds is 0. The number of hydrogen-bond donors (Lipinski definition) is 0. The fourth-order valence-electron chi connectivity index (χ4n) is 1.52. The van der Waals surface area contributed by atoms with E-state index in [1.807, 2.05) is 0 Å². The molecule has 5 radical (unpaired) electrons. The summed E-state index contributed by atoms with van der Waals surface area (Å²) < 4.78 is 0. The molecule has 0 atom stereocenters. The van der Waals surface area contributed by atoms with Gasteiger partial charge in [-0.25, -0.2) is 0 Å². The molecule has 0 spiro atoms. The van der Waals surface area contributed by atoms with Crippen LogP contribution in [0.15, 0.2) is 30.3 Å². The van der Waals surface area contributed by atoms with Gasteiger partial charge in [0.05, 0.1) is 0 Å². The quantitative estimate of drug-likeness (QED) is 0.493. The molecule has 0 aliphatic heterocycles. The smallest absolute Gasteiger partial charge is 0.358 e. The molecule has 0 bridgehead atoms. The molecular weight excluding hydrogens is 232 g/mol. The second-order valence-corrected chi connectivity index (χ2v) is 3.04. The van der Waals surface area contributed by atoms with Gasteiger partial charge in [0.1, 0.15) is 0 Å². The first kappa shape index (κ1) is 20.2. The van der Waals surface area contributed by atoms with Gasteiger partial charge in [-0.3, -0.25) is 0 Å². The molecule has 77 valence electrons. The molecular formula is C13H17SiTi. The normalized spacial score (nSPS) is 7.87. The Morgan fingerprint density at radius 2 is 1.53 bits per heavy atom. The van der Waals surface area contributed by atoms with Gasteiger partial charge >= 0.3 is 21.7 Å². The van der Waals surface area contributed by atoms with Crippen LogP contribution in [0.3, 0.4) is 0 Å². The molecule has 0 N–H and O–H groups in total. The van der Waals surface area contributed by atoms with Crippen LogP contribution in [0.1, 0.15) is 11.1 Å². The minimum Gasteiger partial charge on any atom is -0.358 e. The first-order valence-corrected chi connectivity index (χ1v) is 3.90. The summed E-state index contributed by atoms with van der Waals surface area (Å²) in [7, 11) is 0. The molecule has 2 aromatic rings. The molecule has 0 fully saturated rings. The Kier molecular flexibility index (Phi) is 10.7. The maximum atomic E-state index is 2.24. The van der Waals surface area contributed by atoms with Crippen molar-refractivity contribution in [1.29, 1.82) is 0 Å². The van der Waals surface area contributed by atoms with Crippen LogP contribution in [0.5, 0.6) is 0 Å². The average Bonchev–Trinajstić information content (AvgIpc) is 2.30. The third-order valence-corrected chi connectivity index (χ3v) is 2.33. The van der Waals surface area contributed by atoms with E-state index < -0.39 is 0 Å². The van der Waals surface area contributed by atoms with E-state index >= 15 is 0 Å². The van der Waals surface area contributed by atoms with E-state index in [1.54, 1.807) is 0 Å². The molecule has 2 aromatic carbocycles. The number of fused-ring (bicyclic) bond motifs is 1. The monoisotopic (exact) mass is 249 g/mol. The van der Waals surface area contributed by atoms with Crippen LogP contribution in [0, 0.1) is 28.7 Å². The summed E-state index contributed by atoms with van der Waals surface area (Å²) in [5, 5.41) is 2.76. The molecule has 0 saturated carbocycles. The third kappa shape index (κ3) is 3.67. The molecule has 0 amide bonds. The van der Waals surface area contributed by atoms with E-state index in [1.165, 1.54) is 21.9 Å². The van der Waals surface area contributed by atoms with E-state index in [2.05, 4.69) is 44.2 Å². The van der Waals surface area contributed by atoms with Gasteiger partial charge in [-0.2, -0.15) is 5.56 Å². The van der Waals surface area contributed by atoms with Crippen molar-refractivity contribution in [3.63, 3.8) is 0 Å². The van der Waals surface area contributed by atoms with Crippen LogP contribution in [-0.2, 0) is 21.7 Å². The van der Waals surface area contributed by atoms with Crippen LogP contribution in [0.4, 0.5) is 0 Å². The van der Waals surface area contributed by atoms with Crippen LogP contribution >= 0.6 is 0 Å². The number of hydrogen-bond acceptors (Lipinski definition) is 0. The minimum atomic E-state index is 0. The summed E-state index contributed by atoms with van der Waals surface area (Å²) in [5.74, 6) is 0. The predicted octanol–water partition coefficient (Wildman–Crippen LogP) is 3.69. The average molecular weight is 249 g/mol. The van der Waals surface area contributed by atoms with E-state index in [4.69, 9.17) is 0 Å². The summed E-state index contributed by atoms with van der Waals surface area (Å²) in [5.41, 5.74) is 2.81. The summed E-state index contributed by atoms with van der Waals surface area (Å²) in [6, 6.07) is 10.8. The Balaban J connectivity index is -0.000000360. The van der Waals surface area contributed by atoms with Gasteiger partial charge in [-0.15, -0.1) is 40.6 Å². The first-order chi connectivity index (χ1) is 5.29. The van der Waals surface area contributed by atoms with Crippen LogP contribution < -0.4 is 0 Å². The summed E-state index contributed by atoms with van der Waals surface area (Å²) >= 11 is 0. The zero-order valence-corrected chi connectivity index (χ0v) is 12.4. The zero-order valence-electron chi connectivity index (χ0n) is 9.89. The first-order valence-electron chi connectivity index (χ1n) is 3.90. The molecule has 0 nitrogen and oxygen atoms in total. The van der Waals surface area contributed by atoms with Crippen LogP contribution in [0.25, 0.3) is 10.8 Å². The largest absolute Gasteiger partial charge is 3.00 e. The van der Waals surface area contributed by atoms with Crippen molar-refractivity contribution in [2.45, 2.75) is 13.8 Å². The SMILES string of the molecule is Cc1[cH-]c2ccccc2c1C.[CH3-].[CH3-].[Si].[Ti+3]. The van der Waals surface area contributed by atoms with Gasteiger partial charge in [0.25, 0.3) is 0 Å². The van der Waals surface area contributed by atoms with Crippen molar-refractivity contribution in [2.75, 3.05) is 0 Å². The summed E-state index contributed by atoms with van der Waals surface area (Å²) in [6.45, 7) is 4.34. The summed E-state index contributed by atoms with van der Waals surface area (Å²) in [4.78, 5) is 0. The Hall–Kier alpha value is -0.239. The molecule has 0 unspecified atom stereocenters. The maximum Gasteiger partial charge on any atom is 3.00 e. The third-order valence-electron chi connectivity index (χ3n) is 2.33. The fourth-order valence-corrected chi connectivity index (χ4v) is 1.52.